The fourth-order valence-corrected chi connectivity index (χ4v) is 1.97. The van der Waals surface area contributed by atoms with Crippen LogP contribution in [0.4, 0.5) is 5.69 Å². The lowest BCUT2D eigenvalue weighted by atomic mass is 9.84. The predicted octanol–water partition coefficient (Wildman–Crippen LogP) is 1.92. The average Bonchev–Trinajstić information content (AvgIpc) is 2.30. The summed E-state index contributed by atoms with van der Waals surface area (Å²) in [7, 11) is 0. The smallest absolute Gasteiger partial charge is 0.293 e. The highest BCUT2D eigenvalue weighted by Gasteiger charge is 2.34. The predicted molar refractivity (Wildman–Crippen MR) is 57.8 cm³/mol. The summed E-state index contributed by atoms with van der Waals surface area (Å²) < 4.78 is 0. The Morgan fingerprint density at radius 2 is 2.38 bits per heavy atom. The molecule has 0 aliphatic heterocycles. The van der Waals surface area contributed by atoms with Crippen LogP contribution >= 0.6 is 0 Å². The van der Waals surface area contributed by atoms with Gasteiger partial charge in [-0.05, 0) is 25.3 Å². The molecular formula is C11H12N2O3. The van der Waals surface area contributed by atoms with Crippen LogP contribution in [0.2, 0.25) is 0 Å². The fourth-order valence-electron chi connectivity index (χ4n) is 1.97. The fraction of sp³-hybridized carbons (Fsp3) is 0.364. The minimum Gasteiger partial charge on any atom is -0.381 e. The monoisotopic (exact) mass is 220 g/mol. The van der Waals surface area contributed by atoms with Gasteiger partial charge < -0.3 is 5.11 Å². The Labute approximate surface area is 92.6 Å². The maximum atomic E-state index is 10.8. The molecule has 0 bridgehead atoms. The number of hydrogen-bond donors (Lipinski definition) is 1. The molecule has 5 heteroatoms. The van der Waals surface area contributed by atoms with Gasteiger partial charge in [0, 0.05) is 6.20 Å². The Hall–Kier alpha value is -1.75. The summed E-state index contributed by atoms with van der Waals surface area (Å²) >= 11 is 0. The van der Waals surface area contributed by atoms with Crippen LogP contribution in [0.1, 0.15) is 24.8 Å². The van der Waals surface area contributed by atoms with Crippen molar-refractivity contribution in [3.05, 3.63) is 46.3 Å². The van der Waals surface area contributed by atoms with Crippen LogP contribution in [0.3, 0.4) is 0 Å². The number of aliphatic hydroxyl groups is 1. The average molecular weight is 220 g/mol. The summed E-state index contributed by atoms with van der Waals surface area (Å²) in [5, 5.41) is 21.2. The first-order valence-electron chi connectivity index (χ1n) is 5.12. The van der Waals surface area contributed by atoms with E-state index in [2.05, 4.69) is 4.98 Å². The SMILES string of the molecule is O=[N+]([O-])c1cnccc1C1(O)C=CCCC1. The zero-order valence-corrected chi connectivity index (χ0v) is 8.67. The van der Waals surface area contributed by atoms with Gasteiger partial charge in [-0.1, -0.05) is 12.2 Å². The number of hydrogen-bond acceptors (Lipinski definition) is 4. The highest BCUT2D eigenvalue weighted by Crippen LogP contribution is 2.36. The minimum absolute atomic E-state index is 0.128. The van der Waals surface area contributed by atoms with E-state index in [1.165, 1.54) is 18.5 Å². The molecule has 1 N–H and O–H groups in total. The van der Waals surface area contributed by atoms with Gasteiger partial charge in [-0.3, -0.25) is 15.1 Å². The molecule has 16 heavy (non-hydrogen) atoms. The zero-order chi connectivity index (χ0) is 11.6. The Morgan fingerprint density at radius 1 is 1.56 bits per heavy atom. The largest absolute Gasteiger partial charge is 0.381 e. The molecule has 1 aromatic heterocycles. The number of nitrogens with zero attached hydrogens (tertiary/aromatic N) is 2. The number of pyridine rings is 1. The molecule has 0 spiro atoms. The Morgan fingerprint density at radius 3 is 3.00 bits per heavy atom. The van der Waals surface area contributed by atoms with Crippen molar-refractivity contribution < 1.29 is 10.0 Å². The standard InChI is InChI=1S/C11H12N2O3/c14-11(5-2-1-3-6-11)9-4-7-12-8-10(9)13(15)16/h2,4-5,7-8,14H,1,3,6H2. The molecule has 0 aromatic carbocycles. The van der Waals surface area contributed by atoms with E-state index in [4.69, 9.17) is 0 Å². The van der Waals surface area contributed by atoms with Gasteiger partial charge in [-0.15, -0.1) is 0 Å². The molecule has 2 rings (SSSR count). The number of aromatic nitrogens is 1. The van der Waals surface area contributed by atoms with Crippen LogP contribution in [0.5, 0.6) is 0 Å². The van der Waals surface area contributed by atoms with E-state index in [9.17, 15) is 15.2 Å². The van der Waals surface area contributed by atoms with E-state index in [0.29, 0.717) is 12.0 Å². The van der Waals surface area contributed by atoms with Gasteiger partial charge in [-0.25, -0.2) is 0 Å². The summed E-state index contributed by atoms with van der Waals surface area (Å²) in [5.41, 5.74) is -1.02. The van der Waals surface area contributed by atoms with Gasteiger partial charge >= 0.3 is 0 Å². The van der Waals surface area contributed by atoms with E-state index in [1.54, 1.807) is 6.08 Å². The second-order valence-electron chi connectivity index (χ2n) is 3.87. The molecule has 0 radical (unpaired) electrons. The van der Waals surface area contributed by atoms with E-state index in [-0.39, 0.29) is 5.69 Å². The molecule has 1 aliphatic rings. The van der Waals surface area contributed by atoms with Crippen molar-refractivity contribution in [3.8, 4) is 0 Å². The molecule has 1 atom stereocenters. The third-order valence-corrected chi connectivity index (χ3v) is 2.79. The van der Waals surface area contributed by atoms with E-state index in [1.807, 2.05) is 6.08 Å². The van der Waals surface area contributed by atoms with Crippen molar-refractivity contribution >= 4 is 5.69 Å². The van der Waals surface area contributed by atoms with Crippen LogP contribution in [0, 0.1) is 10.1 Å². The molecule has 0 fully saturated rings. The molecular weight excluding hydrogens is 208 g/mol. The van der Waals surface area contributed by atoms with Crippen LogP contribution in [0.15, 0.2) is 30.6 Å². The molecule has 5 nitrogen and oxygen atoms in total. The van der Waals surface area contributed by atoms with Gasteiger partial charge in [0.1, 0.15) is 11.8 Å². The lowest BCUT2D eigenvalue weighted by Gasteiger charge is -2.27. The quantitative estimate of drug-likeness (QED) is 0.469. The second kappa shape index (κ2) is 4.02. The highest BCUT2D eigenvalue weighted by molar-refractivity contribution is 5.44. The van der Waals surface area contributed by atoms with Crippen molar-refractivity contribution in [2.45, 2.75) is 24.9 Å². The summed E-state index contributed by atoms with van der Waals surface area (Å²) in [6, 6.07) is 1.51. The van der Waals surface area contributed by atoms with Crippen molar-refractivity contribution in [3.63, 3.8) is 0 Å². The molecule has 0 amide bonds. The molecule has 1 heterocycles. The first kappa shape index (κ1) is 10.8. The van der Waals surface area contributed by atoms with Crippen molar-refractivity contribution in [1.82, 2.24) is 4.98 Å². The van der Waals surface area contributed by atoms with E-state index < -0.39 is 10.5 Å². The lowest BCUT2D eigenvalue weighted by Crippen LogP contribution is -2.26. The Kier molecular flexibility index (Phi) is 2.70. The molecule has 1 aromatic rings. The van der Waals surface area contributed by atoms with E-state index in [0.717, 1.165) is 12.8 Å². The summed E-state index contributed by atoms with van der Waals surface area (Å²) in [6.45, 7) is 0. The van der Waals surface area contributed by atoms with Crippen molar-refractivity contribution in [2.75, 3.05) is 0 Å². The molecule has 0 saturated carbocycles. The van der Waals surface area contributed by atoms with Crippen LogP contribution < -0.4 is 0 Å². The number of allylic oxidation sites excluding steroid dienone is 1. The highest BCUT2D eigenvalue weighted by atomic mass is 16.6. The van der Waals surface area contributed by atoms with Gasteiger partial charge in [0.05, 0.1) is 10.5 Å². The minimum atomic E-state index is -1.22. The summed E-state index contributed by atoms with van der Waals surface area (Å²) in [6.07, 6.45) is 8.37. The van der Waals surface area contributed by atoms with Gasteiger partial charge in [0.25, 0.3) is 5.69 Å². The van der Waals surface area contributed by atoms with E-state index >= 15 is 0 Å². The van der Waals surface area contributed by atoms with Crippen LogP contribution in [-0.2, 0) is 5.60 Å². The lowest BCUT2D eigenvalue weighted by molar-refractivity contribution is -0.386. The van der Waals surface area contributed by atoms with Crippen LogP contribution in [-0.4, -0.2) is 15.0 Å². The second-order valence-corrected chi connectivity index (χ2v) is 3.87. The summed E-state index contributed by atoms with van der Waals surface area (Å²) in [4.78, 5) is 14.0. The topological polar surface area (TPSA) is 76.3 Å². The molecule has 84 valence electrons. The molecule has 1 aliphatic carbocycles. The zero-order valence-electron chi connectivity index (χ0n) is 8.67. The van der Waals surface area contributed by atoms with Gasteiger partial charge in [-0.2, -0.15) is 0 Å². The third-order valence-electron chi connectivity index (χ3n) is 2.79. The Balaban J connectivity index is 2.50. The maximum absolute atomic E-state index is 10.8. The van der Waals surface area contributed by atoms with Crippen molar-refractivity contribution in [2.24, 2.45) is 0 Å². The first-order chi connectivity index (χ1) is 7.63. The summed E-state index contributed by atoms with van der Waals surface area (Å²) in [5.74, 6) is 0. The molecule has 0 saturated heterocycles. The van der Waals surface area contributed by atoms with Crippen LogP contribution in [0.25, 0.3) is 0 Å². The van der Waals surface area contributed by atoms with Gasteiger partial charge in [0.15, 0.2) is 0 Å². The molecule has 1 unspecified atom stereocenters. The van der Waals surface area contributed by atoms with Crippen molar-refractivity contribution in [1.29, 1.82) is 0 Å². The Bertz CT molecular complexity index is 445. The van der Waals surface area contributed by atoms with Gasteiger partial charge in [0.2, 0.25) is 0 Å². The maximum Gasteiger partial charge on any atom is 0.293 e. The number of nitro groups is 1. The first-order valence-corrected chi connectivity index (χ1v) is 5.12. The number of rotatable bonds is 2. The normalized spacial score (nSPS) is 24.3. The third kappa shape index (κ3) is 1.81.